The Morgan fingerprint density at radius 1 is 1.32 bits per heavy atom. The zero-order valence-electron chi connectivity index (χ0n) is 16.4. The molecule has 1 aliphatic heterocycles. The highest BCUT2D eigenvalue weighted by Gasteiger charge is 2.20. The van der Waals surface area contributed by atoms with Crippen LogP contribution in [0.4, 0.5) is 5.95 Å². The fourth-order valence-corrected chi connectivity index (χ4v) is 3.57. The summed E-state index contributed by atoms with van der Waals surface area (Å²) >= 11 is 0. The number of anilines is 1. The fraction of sp³-hybridized carbons (Fsp3) is 0.474. The zero-order chi connectivity index (χ0) is 19.7. The van der Waals surface area contributed by atoms with Crippen molar-refractivity contribution in [2.45, 2.75) is 26.4 Å². The van der Waals surface area contributed by atoms with E-state index in [-0.39, 0.29) is 11.9 Å². The molecule has 148 valence electrons. The molecule has 1 amide bonds. The highest BCUT2D eigenvalue weighted by atomic mass is 16.5. The van der Waals surface area contributed by atoms with E-state index in [0.717, 1.165) is 35.9 Å². The van der Waals surface area contributed by atoms with Gasteiger partial charge >= 0.3 is 0 Å². The third-order valence-electron chi connectivity index (χ3n) is 5.09. The molecule has 1 aromatic carbocycles. The van der Waals surface area contributed by atoms with Gasteiger partial charge in [-0.05, 0) is 32.0 Å². The van der Waals surface area contributed by atoms with Crippen LogP contribution in [0.15, 0.2) is 24.5 Å². The van der Waals surface area contributed by atoms with Gasteiger partial charge in [0.15, 0.2) is 0 Å². The molecular weight excluding hydrogens is 358 g/mol. The molecule has 28 heavy (non-hydrogen) atoms. The number of nitrogens with zero attached hydrogens (tertiary/aromatic N) is 6. The molecule has 0 unspecified atom stereocenters. The van der Waals surface area contributed by atoms with Gasteiger partial charge in [-0.25, -0.2) is 14.6 Å². The van der Waals surface area contributed by atoms with Gasteiger partial charge in [0.1, 0.15) is 12.2 Å². The van der Waals surface area contributed by atoms with Gasteiger partial charge in [0.05, 0.1) is 30.3 Å². The number of fused-ring (bicyclic) bond motifs is 1. The standard InChI is InChI=1S/C19H25N7O2/c1-4-26-17(20-12-21-26)13(2)22-18(27)14-5-6-16-15(11-14)23-19(24(16)3)25-7-9-28-10-8-25/h5-6,11-13H,4,7-10H2,1-3H3,(H,22,27)/t13-/m0/s1. The molecule has 0 spiro atoms. The summed E-state index contributed by atoms with van der Waals surface area (Å²) in [5.74, 6) is 1.49. The summed E-state index contributed by atoms with van der Waals surface area (Å²) in [5, 5.41) is 7.16. The normalized spacial score (nSPS) is 15.8. The minimum absolute atomic E-state index is 0.154. The summed E-state index contributed by atoms with van der Waals surface area (Å²) in [5.41, 5.74) is 2.38. The van der Waals surface area contributed by atoms with Crippen LogP contribution in [0.25, 0.3) is 11.0 Å². The minimum atomic E-state index is -0.238. The van der Waals surface area contributed by atoms with E-state index < -0.39 is 0 Å². The average Bonchev–Trinajstić information content (AvgIpc) is 3.33. The van der Waals surface area contributed by atoms with Crippen molar-refractivity contribution in [3.8, 4) is 0 Å². The van der Waals surface area contributed by atoms with Crippen LogP contribution in [0.1, 0.15) is 36.1 Å². The Kier molecular flexibility index (Phi) is 4.99. The Balaban J connectivity index is 1.56. The van der Waals surface area contributed by atoms with Crippen LogP contribution in [-0.4, -0.2) is 56.5 Å². The molecular formula is C19H25N7O2. The van der Waals surface area contributed by atoms with Crippen molar-refractivity contribution in [3.63, 3.8) is 0 Å². The second kappa shape index (κ2) is 7.59. The highest BCUT2D eigenvalue weighted by Crippen LogP contribution is 2.23. The molecule has 9 heteroatoms. The number of rotatable bonds is 5. The van der Waals surface area contributed by atoms with Crippen molar-refractivity contribution in [3.05, 3.63) is 35.9 Å². The van der Waals surface area contributed by atoms with Crippen LogP contribution in [0.3, 0.4) is 0 Å². The van der Waals surface area contributed by atoms with E-state index in [1.54, 1.807) is 4.68 Å². The summed E-state index contributed by atoms with van der Waals surface area (Å²) in [4.78, 5) is 24.0. The Bertz CT molecular complexity index is 987. The number of aryl methyl sites for hydroxylation is 2. The lowest BCUT2D eigenvalue weighted by Gasteiger charge is -2.27. The molecule has 0 bridgehead atoms. The molecule has 0 radical (unpaired) electrons. The maximum Gasteiger partial charge on any atom is 0.251 e. The van der Waals surface area contributed by atoms with Gasteiger partial charge in [0.2, 0.25) is 5.95 Å². The number of hydrogen-bond acceptors (Lipinski definition) is 6. The van der Waals surface area contributed by atoms with Gasteiger partial charge in [0, 0.05) is 32.2 Å². The second-order valence-electron chi connectivity index (χ2n) is 6.90. The van der Waals surface area contributed by atoms with E-state index in [4.69, 9.17) is 9.72 Å². The largest absolute Gasteiger partial charge is 0.378 e. The first kappa shape index (κ1) is 18.4. The minimum Gasteiger partial charge on any atom is -0.378 e. The number of aromatic nitrogens is 5. The second-order valence-corrected chi connectivity index (χ2v) is 6.90. The molecule has 4 rings (SSSR count). The van der Waals surface area contributed by atoms with E-state index in [2.05, 4.69) is 24.9 Å². The quantitative estimate of drug-likeness (QED) is 0.718. The van der Waals surface area contributed by atoms with E-state index in [0.29, 0.717) is 25.3 Å². The van der Waals surface area contributed by atoms with E-state index in [1.165, 1.54) is 6.33 Å². The molecule has 1 fully saturated rings. The number of nitrogens with one attached hydrogen (secondary N) is 1. The van der Waals surface area contributed by atoms with Crippen LogP contribution in [0.2, 0.25) is 0 Å². The van der Waals surface area contributed by atoms with Gasteiger partial charge in [-0.2, -0.15) is 5.10 Å². The monoisotopic (exact) mass is 383 g/mol. The molecule has 9 nitrogen and oxygen atoms in total. The van der Waals surface area contributed by atoms with Crippen LogP contribution >= 0.6 is 0 Å². The topological polar surface area (TPSA) is 90.1 Å². The third-order valence-corrected chi connectivity index (χ3v) is 5.09. The van der Waals surface area contributed by atoms with Crippen LogP contribution in [0.5, 0.6) is 0 Å². The lowest BCUT2D eigenvalue weighted by atomic mass is 10.1. The Hall–Kier alpha value is -2.94. The molecule has 3 heterocycles. The number of benzene rings is 1. The van der Waals surface area contributed by atoms with Gasteiger partial charge in [-0.1, -0.05) is 0 Å². The first-order valence-electron chi connectivity index (χ1n) is 9.56. The van der Waals surface area contributed by atoms with Crippen LogP contribution in [-0.2, 0) is 18.3 Å². The third kappa shape index (κ3) is 3.33. The number of amides is 1. The zero-order valence-corrected chi connectivity index (χ0v) is 16.4. The Morgan fingerprint density at radius 3 is 2.86 bits per heavy atom. The van der Waals surface area contributed by atoms with Crippen molar-refractivity contribution in [1.29, 1.82) is 0 Å². The van der Waals surface area contributed by atoms with E-state index in [1.807, 2.05) is 39.1 Å². The van der Waals surface area contributed by atoms with Crippen molar-refractivity contribution in [2.75, 3.05) is 31.2 Å². The predicted octanol–water partition coefficient (Wildman–Crippen LogP) is 1.51. The number of hydrogen-bond donors (Lipinski definition) is 1. The summed E-state index contributed by atoms with van der Waals surface area (Å²) < 4.78 is 9.27. The average molecular weight is 383 g/mol. The number of morpholine rings is 1. The molecule has 0 saturated carbocycles. The maximum atomic E-state index is 12.8. The van der Waals surface area contributed by atoms with Gasteiger partial charge in [-0.3, -0.25) is 4.79 Å². The van der Waals surface area contributed by atoms with Crippen LogP contribution in [0, 0.1) is 0 Å². The van der Waals surface area contributed by atoms with Crippen LogP contribution < -0.4 is 10.2 Å². The van der Waals surface area contributed by atoms with Gasteiger partial charge < -0.3 is 19.5 Å². The number of ether oxygens (including phenoxy) is 1. The smallest absolute Gasteiger partial charge is 0.251 e. The molecule has 0 aliphatic carbocycles. The molecule has 1 N–H and O–H groups in total. The highest BCUT2D eigenvalue weighted by molar-refractivity contribution is 5.97. The predicted molar refractivity (Wildman–Crippen MR) is 105 cm³/mol. The van der Waals surface area contributed by atoms with Crippen molar-refractivity contribution >= 4 is 22.9 Å². The number of carbonyl (C=O) groups is 1. The summed E-state index contributed by atoms with van der Waals surface area (Å²) in [6, 6.07) is 5.38. The fourth-order valence-electron chi connectivity index (χ4n) is 3.57. The van der Waals surface area contributed by atoms with Crippen molar-refractivity contribution < 1.29 is 9.53 Å². The van der Waals surface area contributed by atoms with E-state index in [9.17, 15) is 4.79 Å². The molecule has 1 aliphatic rings. The van der Waals surface area contributed by atoms with Crippen molar-refractivity contribution in [2.24, 2.45) is 7.05 Å². The molecule has 2 aromatic heterocycles. The maximum absolute atomic E-state index is 12.8. The first-order chi connectivity index (χ1) is 13.6. The molecule has 1 atom stereocenters. The SMILES string of the molecule is CCn1ncnc1[C@H](C)NC(=O)c1ccc2c(c1)nc(N1CCOCC1)n2C. The lowest BCUT2D eigenvalue weighted by Crippen LogP contribution is -2.37. The number of imidazole rings is 1. The summed E-state index contributed by atoms with van der Waals surface area (Å²) in [7, 11) is 2.00. The van der Waals surface area contributed by atoms with Gasteiger partial charge in [-0.15, -0.1) is 0 Å². The summed E-state index contributed by atoms with van der Waals surface area (Å²) in [6.07, 6.45) is 1.51. The first-order valence-corrected chi connectivity index (χ1v) is 9.56. The Labute approximate surface area is 163 Å². The van der Waals surface area contributed by atoms with E-state index >= 15 is 0 Å². The van der Waals surface area contributed by atoms with Gasteiger partial charge in [0.25, 0.3) is 5.91 Å². The summed E-state index contributed by atoms with van der Waals surface area (Å²) in [6.45, 7) is 7.66. The molecule has 3 aromatic rings. The van der Waals surface area contributed by atoms with Crippen molar-refractivity contribution in [1.82, 2.24) is 29.6 Å². The Morgan fingerprint density at radius 2 is 2.11 bits per heavy atom. The lowest BCUT2D eigenvalue weighted by molar-refractivity contribution is 0.0937. The number of carbonyl (C=O) groups excluding carboxylic acids is 1. The molecule has 1 saturated heterocycles.